The molecule has 2 rings (SSSR count). The molecular weight excluding hydrogens is 318 g/mol. The first-order chi connectivity index (χ1) is 11.7. The number of hydrogen-bond donors (Lipinski definition) is 1. The number of ether oxygens (including phenoxy) is 2. The van der Waals surface area contributed by atoms with Crippen LogP contribution in [0.2, 0.25) is 0 Å². The molecule has 5 nitrogen and oxygen atoms in total. The fraction of sp³-hybridized carbons (Fsp3) is 0.650. The highest BCUT2D eigenvalue weighted by atomic mass is 16.5. The smallest absolute Gasteiger partial charge is 0.338 e. The molecule has 1 N–H and O–H groups in total. The van der Waals surface area contributed by atoms with E-state index >= 15 is 0 Å². The van der Waals surface area contributed by atoms with Crippen LogP contribution in [-0.4, -0.2) is 40.0 Å². The highest BCUT2D eigenvalue weighted by molar-refractivity contribution is 5.89. The van der Waals surface area contributed by atoms with Gasteiger partial charge >= 0.3 is 5.97 Å². The SMILES string of the molecule is CCCCOc1ccc(C(=O)OC2CC(C)(C)N(O)C(C)(C)C2)cc1. The van der Waals surface area contributed by atoms with Crippen LogP contribution in [0, 0.1) is 0 Å². The Bertz CT molecular complexity index is 562. The van der Waals surface area contributed by atoms with Gasteiger partial charge in [0.25, 0.3) is 0 Å². The number of rotatable bonds is 6. The second-order valence-electron chi connectivity index (χ2n) is 8.10. The summed E-state index contributed by atoms with van der Waals surface area (Å²) in [6, 6.07) is 7.08. The molecule has 5 heteroatoms. The first-order valence-electron chi connectivity index (χ1n) is 9.09. The summed E-state index contributed by atoms with van der Waals surface area (Å²) in [5.41, 5.74) is -0.363. The summed E-state index contributed by atoms with van der Waals surface area (Å²) in [6.45, 7) is 10.6. The van der Waals surface area contributed by atoms with Crippen LogP contribution in [0.3, 0.4) is 0 Å². The lowest BCUT2D eigenvalue weighted by Crippen LogP contribution is -2.60. The van der Waals surface area contributed by atoms with Crippen molar-refractivity contribution in [1.29, 1.82) is 0 Å². The number of carbonyl (C=O) groups excluding carboxylic acids is 1. The molecule has 1 aliphatic rings. The second-order valence-corrected chi connectivity index (χ2v) is 8.10. The molecule has 0 bridgehead atoms. The molecule has 0 spiro atoms. The van der Waals surface area contributed by atoms with Gasteiger partial charge in [0, 0.05) is 23.9 Å². The van der Waals surface area contributed by atoms with Crippen LogP contribution >= 0.6 is 0 Å². The number of piperidine rings is 1. The van der Waals surface area contributed by atoms with E-state index in [0.717, 1.165) is 18.6 Å². The first-order valence-corrected chi connectivity index (χ1v) is 9.09. The van der Waals surface area contributed by atoms with E-state index < -0.39 is 11.1 Å². The van der Waals surface area contributed by atoms with Gasteiger partial charge < -0.3 is 14.7 Å². The van der Waals surface area contributed by atoms with Gasteiger partial charge in [0.15, 0.2) is 0 Å². The van der Waals surface area contributed by atoms with E-state index in [9.17, 15) is 10.0 Å². The summed E-state index contributed by atoms with van der Waals surface area (Å²) in [5, 5.41) is 11.7. The minimum Gasteiger partial charge on any atom is -0.494 e. The average Bonchev–Trinajstić information content (AvgIpc) is 2.53. The van der Waals surface area contributed by atoms with E-state index in [2.05, 4.69) is 6.92 Å². The fourth-order valence-corrected chi connectivity index (χ4v) is 3.50. The number of nitrogens with zero attached hydrogens (tertiary/aromatic N) is 1. The van der Waals surface area contributed by atoms with Gasteiger partial charge in [-0.2, -0.15) is 5.06 Å². The molecule has 1 fully saturated rings. The quantitative estimate of drug-likeness (QED) is 0.608. The molecule has 0 atom stereocenters. The molecular formula is C20H31NO4. The van der Waals surface area contributed by atoms with Crippen molar-refractivity contribution in [3.05, 3.63) is 29.8 Å². The molecule has 25 heavy (non-hydrogen) atoms. The lowest BCUT2D eigenvalue weighted by molar-refractivity contribution is -0.256. The van der Waals surface area contributed by atoms with Crippen LogP contribution in [0.5, 0.6) is 5.75 Å². The topological polar surface area (TPSA) is 59.0 Å². The van der Waals surface area contributed by atoms with Crippen molar-refractivity contribution < 1.29 is 19.5 Å². The summed E-state index contributed by atoms with van der Waals surface area (Å²) >= 11 is 0. The second kappa shape index (κ2) is 7.75. The Labute approximate surface area is 150 Å². The summed E-state index contributed by atoms with van der Waals surface area (Å²) in [7, 11) is 0. The van der Waals surface area contributed by atoms with Gasteiger partial charge in [-0.05, 0) is 58.4 Å². The molecule has 1 heterocycles. The number of esters is 1. The average molecular weight is 349 g/mol. The van der Waals surface area contributed by atoms with Crippen LogP contribution in [0.25, 0.3) is 0 Å². The van der Waals surface area contributed by atoms with Gasteiger partial charge in [0.05, 0.1) is 12.2 Å². The molecule has 0 amide bonds. The molecule has 0 radical (unpaired) electrons. The number of carbonyl (C=O) groups is 1. The lowest BCUT2D eigenvalue weighted by Gasteiger charge is -2.50. The molecule has 1 aliphatic heterocycles. The highest BCUT2D eigenvalue weighted by Crippen LogP contribution is 2.38. The number of hydrogen-bond acceptors (Lipinski definition) is 5. The van der Waals surface area contributed by atoms with Gasteiger partial charge in [-0.3, -0.25) is 0 Å². The minimum atomic E-state index is -0.441. The zero-order valence-electron chi connectivity index (χ0n) is 16.0. The Kier molecular flexibility index (Phi) is 6.12. The van der Waals surface area contributed by atoms with Crippen molar-refractivity contribution in [1.82, 2.24) is 5.06 Å². The molecule has 0 aromatic heterocycles. The van der Waals surface area contributed by atoms with Gasteiger partial charge in [-0.25, -0.2) is 4.79 Å². The third-order valence-corrected chi connectivity index (χ3v) is 4.73. The van der Waals surface area contributed by atoms with E-state index in [-0.39, 0.29) is 12.1 Å². The van der Waals surface area contributed by atoms with Crippen molar-refractivity contribution >= 4 is 5.97 Å². The third-order valence-electron chi connectivity index (χ3n) is 4.73. The highest BCUT2D eigenvalue weighted by Gasteiger charge is 2.46. The van der Waals surface area contributed by atoms with Gasteiger partial charge in [-0.1, -0.05) is 13.3 Å². The minimum absolute atomic E-state index is 0.221. The number of unbranched alkanes of at least 4 members (excludes halogenated alkanes) is 1. The third kappa shape index (κ3) is 4.95. The monoisotopic (exact) mass is 349 g/mol. The Morgan fingerprint density at radius 2 is 1.72 bits per heavy atom. The van der Waals surface area contributed by atoms with E-state index in [1.54, 1.807) is 24.3 Å². The normalized spacial score (nSPS) is 20.2. The summed E-state index contributed by atoms with van der Waals surface area (Å²) in [5.74, 6) is 0.434. The van der Waals surface area contributed by atoms with E-state index in [0.29, 0.717) is 25.0 Å². The van der Waals surface area contributed by atoms with E-state index in [1.807, 2.05) is 27.7 Å². The maximum atomic E-state index is 12.4. The van der Waals surface area contributed by atoms with Crippen LogP contribution in [-0.2, 0) is 4.74 Å². The fourth-order valence-electron chi connectivity index (χ4n) is 3.50. The van der Waals surface area contributed by atoms with Crippen LogP contribution < -0.4 is 4.74 Å². The Morgan fingerprint density at radius 1 is 1.16 bits per heavy atom. The predicted molar refractivity (Wildman–Crippen MR) is 97.1 cm³/mol. The molecule has 0 unspecified atom stereocenters. The van der Waals surface area contributed by atoms with E-state index in [1.165, 1.54) is 5.06 Å². The number of hydroxylamine groups is 2. The standard InChI is InChI=1S/C20H31NO4/c1-6-7-12-24-16-10-8-15(9-11-16)18(22)25-17-13-19(2,3)21(23)20(4,5)14-17/h8-11,17,23H,6-7,12-14H2,1-5H3. The Balaban J connectivity index is 1.97. The molecule has 1 aromatic rings. The molecule has 0 saturated carbocycles. The van der Waals surface area contributed by atoms with Crippen molar-refractivity contribution in [3.8, 4) is 5.75 Å². The van der Waals surface area contributed by atoms with Crippen LogP contribution in [0.1, 0.15) is 70.7 Å². The summed E-state index contributed by atoms with van der Waals surface area (Å²) in [6.07, 6.45) is 3.07. The maximum absolute atomic E-state index is 12.4. The molecule has 1 aromatic carbocycles. The number of benzene rings is 1. The summed E-state index contributed by atoms with van der Waals surface area (Å²) < 4.78 is 11.3. The summed E-state index contributed by atoms with van der Waals surface area (Å²) in [4.78, 5) is 12.4. The van der Waals surface area contributed by atoms with Gasteiger partial charge in [0.2, 0.25) is 0 Å². The van der Waals surface area contributed by atoms with Crippen LogP contribution in [0.15, 0.2) is 24.3 Å². The zero-order chi connectivity index (χ0) is 18.7. The Hall–Kier alpha value is -1.59. The largest absolute Gasteiger partial charge is 0.494 e. The van der Waals surface area contributed by atoms with Crippen molar-refractivity contribution in [3.63, 3.8) is 0 Å². The van der Waals surface area contributed by atoms with Crippen molar-refractivity contribution in [2.24, 2.45) is 0 Å². The van der Waals surface area contributed by atoms with E-state index in [4.69, 9.17) is 9.47 Å². The van der Waals surface area contributed by atoms with Crippen LogP contribution in [0.4, 0.5) is 0 Å². The molecule has 140 valence electrons. The maximum Gasteiger partial charge on any atom is 0.338 e. The molecule has 0 aliphatic carbocycles. The zero-order valence-corrected chi connectivity index (χ0v) is 16.0. The Morgan fingerprint density at radius 3 is 2.24 bits per heavy atom. The van der Waals surface area contributed by atoms with Crippen molar-refractivity contribution in [2.75, 3.05) is 6.61 Å². The van der Waals surface area contributed by atoms with Crippen molar-refractivity contribution in [2.45, 2.75) is 77.5 Å². The molecule has 1 saturated heterocycles. The van der Waals surface area contributed by atoms with Gasteiger partial charge in [-0.15, -0.1) is 0 Å². The van der Waals surface area contributed by atoms with Gasteiger partial charge in [0.1, 0.15) is 11.9 Å². The first kappa shape index (κ1) is 19.7. The predicted octanol–water partition coefficient (Wildman–Crippen LogP) is 4.43. The lowest BCUT2D eigenvalue weighted by atomic mass is 9.80.